The summed E-state index contributed by atoms with van der Waals surface area (Å²) in [6, 6.07) is 5.92. The predicted molar refractivity (Wildman–Crippen MR) is 61.0 cm³/mol. The summed E-state index contributed by atoms with van der Waals surface area (Å²) in [5.74, 6) is -0.820. The maximum absolute atomic E-state index is 13.2. The summed E-state index contributed by atoms with van der Waals surface area (Å²) in [5, 5.41) is 0. The van der Waals surface area contributed by atoms with Gasteiger partial charge in [0.15, 0.2) is 5.78 Å². The summed E-state index contributed by atoms with van der Waals surface area (Å²) in [5.41, 5.74) is 0.0891. The highest BCUT2D eigenvalue weighted by molar-refractivity contribution is 5.97. The Morgan fingerprint density at radius 2 is 2.19 bits per heavy atom. The maximum Gasteiger partial charge on any atom is 0.191 e. The topological polar surface area (TPSA) is 26.3 Å². The molecule has 0 spiro atoms. The Labute approximate surface area is 94.7 Å². The number of unbranched alkanes of at least 4 members (excludes halogenated alkanes) is 1. The first kappa shape index (κ1) is 12.6. The van der Waals surface area contributed by atoms with Gasteiger partial charge in [-0.1, -0.05) is 18.2 Å². The monoisotopic (exact) mass is 222 g/mol. The Kier molecular flexibility index (Phi) is 5.43. The van der Waals surface area contributed by atoms with Crippen LogP contribution in [0, 0.1) is 5.82 Å². The van der Waals surface area contributed by atoms with Crippen LogP contribution in [0.4, 0.5) is 4.39 Å². The molecule has 2 nitrogen and oxygen atoms in total. The van der Waals surface area contributed by atoms with E-state index < -0.39 is 5.82 Å². The normalized spacial score (nSPS) is 10.1. The summed E-state index contributed by atoms with van der Waals surface area (Å²) < 4.78 is 18.3. The Morgan fingerprint density at radius 3 is 2.88 bits per heavy atom. The highest BCUT2D eigenvalue weighted by atomic mass is 19.1. The van der Waals surface area contributed by atoms with E-state index in [1.807, 2.05) is 0 Å². The van der Waals surface area contributed by atoms with Crippen LogP contribution in [0.2, 0.25) is 0 Å². The molecule has 0 aromatic heterocycles. The van der Waals surface area contributed by atoms with Gasteiger partial charge in [0.05, 0.1) is 5.56 Å². The number of carbonyl (C=O) groups excluding carboxylic acids is 1. The summed E-state index contributed by atoms with van der Waals surface area (Å²) in [4.78, 5) is 11.5. The molecule has 16 heavy (non-hydrogen) atoms. The number of hydrogen-bond donors (Lipinski definition) is 0. The van der Waals surface area contributed by atoms with Gasteiger partial charge in [-0.3, -0.25) is 4.79 Å². The van der Waals surface area contributed by atoms with Crippen molar-refractivity contribution in [3.05, 3.63) is 48.3 Å². The second kappa shape index (κ2) is 6.90. The van der Waals surface area contributed by atoms with E-state index in [0.717, 1.165) is 12.8 Å². The highest BCUT2D eigenvalue weighted by Gasteiger charge is 2.10. The summed E-state index contributed by atoms with van der Waals surface area (Å²) >= 11 is 0. The van der Waals surface area contributed by atoms with Crippen molar-refractivity contribution in [1.29, 1.82) is 0 Å². The van der Waals surface area contributed by atoms with E-state index in [9.17, 15) is 9.18 Å². The van der Waals surface area contributed by atoms with Crippen LogP contribution in [0.3, 0.4) is 0 Å². The van der Waals surface area contributed by atoms with Crippen molar-refractivity contribution >= 4 is 5.78 Å². The zero-order valence-corrected chi connectivity index (χ0v) is 9.12. The first-order valence-corrected chi connectivity index (χ1v) is 5.22. The maximum atomic E-state index is 13.2. The molecule has 0 saturated carbocycles. The fraction of sp³-hybridized carbons (Fsp3) is 0.308. The lowest BCUT2D eigenvalue weighted by molar-refractivity contribution is 0.0753. The molecule has 0 radical (unpaired) electrons. The summed E-state index contributed by atoms with van der Waals surface area (Å²) in [7, 11) is 0. The zero-order valence-electron chi connectivity index (χ0n) is 9.12. The van der Waals surface area contributed by atoms with Crippen molar-refractivity contribution in [2.45, 2.75) is 12.8 Å². The van der Waals surface area contributed by atoms with Crippen LogP contribution in [0.1, 0.15) is 23.2 Å². The Bertz CT molecular complexity index is 361. The number of carbonyl (C=O) groups is 1. The molecule has 1 aromatic rings. The van der Waals surface area contributed by atoms with Crippen LogP contribution in [0.5, 0.6) is 0 Å². The minimum absolute atomic E-state index is 0.0714. The first-order chi connectivity index (χ1) is 7.75. The van der Waals surface area contributed by atoms with Gasteiger partial charge in [-0.15, -0.1) is 6.58 Å². The van der Waals surface area contributed by atoms with Crippen LogP contribution < -0.4 is 0 Å². The molecule has 3 heteroatoms. The van der Waals surface area contributed by atoms with Crippen molar-refractivity contribution in [2.75, 3.05) is 13.2 Å². The molecule has 0 unspecified atom stereocenters. The molecule has 0 aliphatic carbocycles. The van der Waals surface area contributed by atoms with Gasteiger partial charge in [-0.2, -0.15) is 0 Å². The number of ketones is 1. The van der Waals surface area contributed by atoms with Crippen LogP contribution in [0.15, 0.2) is 36.9 Å². The molecule has 0 heterocycles. The summed E-state index contributed by atoms with van der Waals surface area (Å²) in [6.45, 7) is 4.00. The Balaban J connectivity index is 2.36. The van der Waals surface area contributed by atoms with Gasteiger partial charge in [0, 0.05) is 6.61 Å². The Hall–Kier alpha value is -1.48. The number of hydrogen-bond acceptors (Lipinski definition) is 2. The predicted octanol–water partition coefficient (Wildman–Crippen LogP) is 2.99. The molecule has 86 valence electrons. The third-order valence-electron chi connectivity index (χ3n) is 2.10. The number of Topliss-reactive ketones (excluding diaryl/α,β-unsaturated/α-hetero) is 1. The lowest BCUT2D eigenvalue weighted by Gasteiger charge is -2.03. The minimum Gasteiger partial charge on any atom is -0.373 e. The number of allylic oxidation sites excluding steroid dienone is 1. The van der Waals surface area contributed by atoms with E-state index in [-0.39, 0.29) is 18.0 Å². The van der Waals surface area contributed by atoms with Crippen LogP contribution >= 0.6 is 0 Å². The van der Waals surface area contributed by atoms with E-state index in [4.69, 9.17) is 4.74 Å². The van der Waals surface area contributed by atoms with Crippen LogP contribution in [0.25, 0.3) is 0 Å². The molecular formula is C13H15FO2. The first-order valence-electron chi connectivity index (χ1n) is 5.22. The molecule has 0 amide bonds. The largest absolute Gasteiger partial charge is 0.373 e. The van der Waals surface area contributed by atoms with Crippen molar-refractivity contribution in [1.82, 2.24) is 0 Å². The molecule has 0 aliphatic heterocycles. The molecule has 0 fully saturated rings. The highest BCUT2D eigenvalue weighted by Crippen LogP contribution is 2.07. The number of rotatable bonds is 7. The van der Waals surface area contributed by atoms with Gasteiger partial charge in [0.1, 0.15) is 12.4 Å². The van der Waals surface area contributed by atoms with E-state index in [1.54, 1.807) is 18.2 Å². The Morgan fingerprint density at radius 1 is 1.44 bits per heavy atom. The van der Waals surface area contributed by atoms with Crippen molar-refractivity contribution in [3.63, 3.8) is 0 Å². The van der Waals surface area contributed by atoms with Gasteiger partial charge >= 0.3 is 0 Å². The second-order valence-electron chi connectivity index (χ2n) is 3.39. The number of ether oxygens (including phenoxy) is 1. The standard InChI is InChI=1S/C13H15FO2/c1-2-3-6-9-16-10-13(15)11-7-4-5-8-12(11)14/h2,4-5,7-8H,1,3,6,9-10H2. The van der Waals surface area contributed by atoms with E-state index in [2.05, 4.69) is 6.58 Å². The molecule has 0 N–H and O–H groups in total. The van der Waals surface area contributed by atoms with Gasteiger partial charge in [0.25, 0.3) is 0 Å². The summed E-state index contributed by atoms with van der Waals surface area (Å²) in [6.07, 6.45) is 3.48. The average Bonchev–Trinajstić information content (AvgIpc) is 2.29. The lowest BCUT2D eigenvalue weighted by atomic mass is 10.1. The van der Waals surface area contributed by atoms with Crippen molar-refractivity contribution in [2.24, 2.45) is 0 Å². The molecule has 0 bridgehead atoms. The fourth-order valence-corrected chi connectivity index (χ4v) is 1.26. The molecule has 0 aliphatic rings. The van der Waals surface area contributed by atoms with Crippen LogP contribution in [-0.4, -0.2) is 19.0 Å². The molecule has 1 aromatic carbocycles. The van der Waals surface area contributed by atoms with Gasteiger partial charge in [-0.05, 0) is 25.0 Å². The minimum atomic E-state index is -0.498. The smallest absolute Gasteiger partial charge is 0.191 e. The van der Waals surface area contributed by atoms with Crippen molar-refractivity contribution in [3.8, 4) is 0 Å². The van der Waals surface area contributed by atoms with Crippen molar-refractivity contribution < 1.29 is 13.9 Å². The SMILES string of the molecule is C=CCCCOCC(=O)c1ccccc1F. The van der Waals surface area contributed by atoms with Gasteiger partial charge in [-0.25, -0.2) is 4.39 Å². The lowest BCUT2D eigenvalue weighted by Crippen LogP contribution is -2.11. The van der Waals surface area contributed by atoms with E-state index in [1.165, 1.54) is 12.1 Å². The average molecular weight is 222 g/mol. The van der Waals surface area contributed by atoms with Crippen LogP contribution in [-0.2, 0) is 4.74 Å². The molecular weight excluding hydrogens is 207 g/mol. The third kappa shape index (κ3) is 3.95. The fourth-order valence-electron chi connectivity index (χ4n) is 1.26. The number of benzene rings is 1. The van der Waals surface area contributed by atoms with E-state index >= 15 is 0 Å². The van der Waals surface area contributed by atoms with Gasteiger partial charge < -0.3 is 4.74 Å². The molecule has 0 saturated heterocycles. The third-order valence-corrected chi connectivity index (χ3v) is 2.10. The second-order valence-corrected chi connectivity index (χ2v) is 3.39. The molecule has 1 rings (SSSR count). The van der Waals surface area contributed by atoms with Gasteiger partial charge in [0.2, 0.25) is 0 Å². The zero-order chi connectivity index (χ0) is 11.8. The molecule has 0 atom stereocenters. The quantitative estimate of drug-likeness (QED) is 0.403. The number of halogens is 1. The van der Waals surface area contributed by atoms with E-state index in [0.29, 0.717) is 6.61 Å².